The highest BCUT2D eigenvalue weighted by Gasteiger charge is 2.26. The average Bonchev–Trinajstić information content (AvgIpc) is 2.97. The Hall–Kier alpha value is -1.39. The second-order valence-electron chi connectivity index (χ2n) is 5.11. The van der Waals surface area contributed by atoms with Gasteiger partial charge in [0.05, 0.1) is 6.04 Å². The molecule has 0 radical (unpaired) electrons. The van der Waals surface area contributed by atoms with Crippen LogP contribution in [0.2, 0.25) is 0 Å². The number of pyridine rings is 1. The standard InChI is InChI=1S/C16H18BrN3/c17-15-10-14(4-3-13(15)11-18)20-9-1-2-16(20)12-5-7-19-8-6-12/h3-8,10,16H,1-2,9,11,18H2. The normalized spacial score (nSPS) is 18.5. The van der Waals surface area contributed by atoms with Crippen molar-refractivity contribution in [1.82, 2.24) is 4.98 Å². The van der Waals surface area contributed by atoms with E-state index in [0.29, 0.717) is 12.6 Å². The van der Waals surface area contributed by atoms with Gasteiger partial charge in [-0.25, -0.2) is 0 Å². The van der Waals surface area contributed by atoms with Crippen molar-refractivity contribution in [3.05, 3.63) is 58.3 Å². The quantitative estimate of drug-likeness (QED) is 0.933. The van der Waals surface area contributed by atoms with E-state index < -0.39 is 0 Å². The maximum absolute atomic E-state index is 5.72. The second-order valence-corrected chi connectivity index (χ2v) is 5.97. The van der Waals surface area contributed by atoms with E-state index in [-0.39, 0.29) is 0 Å². The number of hydrogen-bond acceptors (Lipinski definition) is 3. The molecule has 3 nitrogen and oxygen atoms in total. The lowest BCUT2D eigenvalue weighted by Gasteiger charge is -2.27. The van der Waals surface area contributed by atoms with Crippen LogP contribution in [0, 0.1) is 0 Å². The van der Waals surface area contributed by atoms with Crippen LogP contribution in [0.4, 0.5) is 5.69 Å². The van der Waals surface area contributed by atoms with Crippen LogP contribution >= 0.6 is 15.9 Å². The minimum atomic E-state index is 0.452. The third-order valence-electron chi connectivity index (χ3n) is 3.93. The lowest BCUT2D eigenvalue weighted by atomic mass is 10.1. The molecule has 2 aromatic rings. The van der Waals surface area contributed by atoms with Crippen LogP contribution in [-0.2, 0) is 6.54 Å². The molecule has 1 unspecified atom stereocenters. The first-order valence-corrected chi connectivity index (χ1v) is 7.74. The summed E-state index contributed by atoms with van der Waals surface area (Å²) in [4.78, 5) is 6.58. The summed E-state index contributed by atoms with van der Waals surface area (Å²) < 4.78 is 1.10. The molecule has 20 heavy (non-hydrogen) atoms. The number of aromatic nitrogens is 1. The maximum Gasteiger partial charge on any atom is 0.0544 e. The van der Waals surface area contributed by atoms with Crippen molar-refractivity contribution in [3.63, 3.8) is 0 Å². The van der Waals surface area contributed by atoms with Gasteiger partial charge in [0, 0.05) is 35.6 Å². The fourth-order valence-corrected chi connectivity index (χ4v) is 3.42. The molecule has 2 heterocycles. The van der Waals surface area contributed by atoms with Crippen molar-refractivity contribution in [2.75, 3.05) is 11.4 Å². The zero-order chi connectivity index (χ0) is 13.9. The van der Waals surface area contributed by atoms with Crippen molar-refractivity contribution in [2.45, 2.75) is 25.4 Å². The third kappa shape index (κ3) is 2.58. The summed E-state index contributed by atoms with van der Waals surface area (Å²) in [5.41, 5.74) is 9.47. The molecule has 1 atom stereocenters. The van der Waals surface area contributed by atoms with Crippen LogP contribution in [0.1, 0.15) is 30.0 Å². The number of nitrogens with two attached hydrogens (primary N) is 1. The Bertz CT molecular complexity index is 586. The third-order valence-corrected chi connectivity index (χ3v) is 4.67. The maximum atomic E-state index is 5.72. The first-order chi connectivity index (χ1) is 9.79. The van der Waals surface area contributed by atoms with Crippen molar-refractivity contribution in [3.8, 4) is 0 Å². The average molecular weight is 332 g/mol. The Labute approximate surface area is 127 Å². The predicted octanol–water partition coefficient (Wildman–Crippen LogP) is 3.64. The lowest BCUT2D eigenvalue weighted by molar-refractivity contribution is 0.717. The van der Waals surface area contributed by atoms with Crippen molar-refractivity contribution >= 4 is 21.6 Å². The number of rotatable bonds is 3. The molecule has 1 fully saturated rings. The zero-order valence-corrected chi connectivity index (χ0v) is 12.9. The molecule has 1 aromatic heterocycles. The summed E-state index contributed by atoms with van der Waals surface area (Å²) in [6, 6.07) is 11.2. The molecule has 0 bridgehead atoms. The summed E-state index contributed by atoms with van der Waals surface area (Å²) in [6.07, 6.45) is 6.17. The predicted molar refractivity (Wildman–Crippen MR) is 85.6 cm³/mol. The number of hydrogen-bond donors (Lipinski definition) is 1. The Balaban J connectivity index is 1.91. The molecule has 1 aromatic carbocycles. The van der Waals surface area contributed by atoms with E-state index in [0.717, 1.165) is 16.6 Å². The first-order valence-electron chi connectivity index (χ1n) is 6.94. The molecule has 0 saturated carbocycles. The molecule has 1 aliphatic rings. The summed E-state index contributed by atoms with van der Waals surface area (Å²) in [7, 11) is 0. The molecule has 0 amide bonds. The molecule has 0 aliphatic carbocycles. The van der Waals surface area contributed by atoms with Gasteiger partial charge in [0.2, 0.25) is 0 Å². The molecule has 104 valence electrons. The highest BCUT2D eigenvalue weighted by molar-refractivity contribution is 9.10. The highest BCUT2D eigenvalue weighted by Crippen LogP contribution is 2.37. The Kier molecular flexibility index (Phi) is 4.03. The summed E-state index contributed by atoms with van der Waals surface area (Å²) in [5, 5.41) is 0. The van der Waals surface area contributed by atoms with E-state index in [1.807, 2.05) is 12.4 Å². The van der Waals surface area contributed by atoms with Gasteiger partial charge in [0.1, 0.15) is 0 Å². The van der Waals surface area contributed by atoms with Gasteiger partial charge < -0.3 is 10.6 Å². The first kappa shape index (κ1) is 13.6. The summed E-state index contributed by atoms with van der Waals surface area (Å²) >= 11 is 3.61. The van der Waals surface area contributed by atoms with Crippen LogP contribution in [-0.4, -0.2) is 11.5 Å². The van der Waals surface area contributed by atoms with Gasteiger partial charge in [0.25, 0.3) is 0 Å². The second kappa shape index (κ2) is 5.94. The number of benzene rings is 1. The van der Waals surface area contributed by atoms with Crippen LogP contribution in [0.25, 0.3) is 0 Å². The van der Waals surface area contributed by atoms with Crippen LogP contribution in [0.5, 0.6) is 0 Å². The van der Waals surface area contributed by atoms with Gasteiger partial charge >= 0.3 is 0 Å². The van der Waals surface area contributed by atoms with Crippen molar-refractivity contribution < 1.29 is 0 Å². The largest absolute Gasteiger partial charge is 0.364 e. The lowest BCUT2D eigenvalue weighted by Crippen LogP contribution is -2.22. The van der Waals surface area contributed by atoms with Gasteiger partial charge in [0.15, 0.2) is 0 Å². The van der Waals surface area contributed by atoms with E-state index in [9.17, 15) is 0 Å². The summed E-state index contributed by atoms with van der Waals surface area (Å²) in [5.74, 6) is 0. The molecule has 0 spiro atoms. The van der Waals surface area contributed by atoms with Gasteiger partial charge in [-0.15, -0.1) is 0 Å². The summed E-state index contributed by atoms with van der Waals surface area (Å²) in [6.45, 7) is 1.66. The Morgan fingerprint density at radius 3 is 2.75 bits per heavy atom. The zero-order valence-electron chi connectivity index (χ0n) is 11.3. The Morgan fingerprint density at radius 2 is 2.05 bits per heavy atom. The van der Waals surface area contributed by atoms with Gasteiger partial charge in [-0.05, 0) is 48.2 Å². The fraction of sp³-hybridized carbons (Fsp3) is 0.312. The Morgan fingerprint density at radius 1 is 1.25 bits per heavy atom. The number of anilines is 1. The minimum Gasteiger partial charge on any atom is -0.364 e. The van der Waals surface area contributed by atoms with Gasteiger partial charge in [-0.3, -0.25) is 4.98 Å². The van der Waals surface area contributed by atoms with Crippen LogP contribution in [0.3, 0.4) is 0 Å². The molecule has 4 heteroatoms. The smallest absolute Gasteiger partial charge is 0.0544 e. The fourth-order valence-electron chi connectivity index (χ4n) is 2.89. The molecule has 1 aliphatic heterocycles. The molecule has 3 rings (SSSR count). The molecular formula is C16H18BrN3. The monoisotopic (exact) mass is 331 g/mol. The number of nitrogens with zero attached hydrogens (tertiary/aromatic N) is 2. The van der Waals surface area contributed by atoms with Crippen molar-refractivity contribution in [2.24, 2.45) is 5.73 Å². The highest BCUT2D eigenvalue weighted by atomic mass is 79.9. The molecular weight excluding hydrogens is 314 g/mol. The minimum absolute atomic E-state index is 0.452. The van der Waals surface area contributed by atoms with E-state index in [1.165, 1.54) is 24.1 Å². The van der Waals surface area contributed by atoms with Gasteiger partial charge in [-0.2, -0.15) is 0 Å². The van der Waals surface area contributed by atoms with Crippen LogP contribution < -0.4 is 10.6 Å². The van der Waals surface area contributed by atoms with Crippen molar-refractivity contribution in [1.29, 1.82) is 0 Å². The van der Waals surface area contributed by atoms with E-state index in [4.69, 9.17) is 5.73 Å². The number of halogens is 1. The van der Waals surface area contributed by atoms with Gasteiger partial charge in [-0.1, -0.05) is 22.0 Å². The SMILES string of the molecule is NCc1ccc(N2CCCC2c2ccncc2)cc1Br. The topological polar surface area (TPSA) is 42.1 Å². The van der Waals surface area contributed by atoms with E-state index in [2.05, 4.69) is 56.1 Å². The molecule has 2 N–H and O–H groups in total. The molecule has 1 saturated heterocycles. The van der Waals surface area contributed by atoms with Crippen LogP contribution in [0.15, 0.2) is 47.2 Å². The van der Waals surface area contributed by atoms with E-state index in [1.54, 1.807) is 0 Å². The van der Waals surface area contributed by atoms with E-state index >= 15 is 0 Å².